The van der Waals surface area contributed by atoms with E-state index in [1.54, 1.807) is 6.07 Å². The number of halogens is 1. The fourth-order valence-electron chi connectivity index (χ4n) is 1.29. The molecule has 1 aromatic carbocycles. The van der Waals surface area contributed by atoms with Crippen LogP contribution in [0.2, 0.25) is 0 Å². The van der Waals surface area contributed by atoms with E-state index in [1.165, 1.54) is 18.2 Å². The summed E-state index contributed by atoms with van der Waals surface area (Å²) in [6.07, 6.45) is 0.499. The highest BCUT2D eigenvalue weighted by Crippen LogP contribution is 2.09. The number of para-hydroxylation sites is 1. The highest BCUT2D eigenvalue weighted by molar-refractivity contribution is 5.71. The Bertz CT molecular complexity index is 557. The minimum Gasteiger partial charge on any atom is -0.296 e. The quantitative estimate of drug-likeness (QED) is 0.748. The number of nitrogens with zero attached hydrogens (tertiary/aromatic N) is 1. The molecular weight excluding hydrogens is 199 g/mol. The van der Waals surface area contributed by atoms with Crippen molar-refractivity contribution in [2.24, 2.45) is 0 Å². The van der Waals surface area contributed by atoms with Gasteiger partial charge in [-0.15, -0.1) is 0 Å². The highest BCUT2D eigenvalue weighted by atomic mass is 19.1. The van der Waals surface area contributed by atoms with Gasteiger partial charge in [0.1, 0.15) is 17.2 Å². The standard InChI is InChI=1S/C10H7FN2O2/c11-8-3-1-2-4-9(8)13-10(15)5-7(6-14)12-13/h1-6,12H. The Hall–Kier alpha value is -2.17. The molecule has 1 heterocycles. The largest absolute Gasteiger partial charge is 0.296 e. The maximum atomic E-state index is 13.3. The van der Waals surface area contributed by atoms with Gasteiger partial charge in [0.05, 0.1) is 0 Å². The first-order valence-electron chi connectivity index (χ1n) is 4.24. The lowest BCUT2D eigenvalue weighted by Gasteiger charge is -2.01. The molecule has 0 saturated heterocycles. The first kappa shape index (κ1) is 9.39. The van der Waals surface area contributed by atoms with Crippen LogP contribution < -0.4 is 5.56 Å². The first-order valence-corrected chi connectivity index (χ1v) is 4.24. The first-order chi connectivity index (χ1) is 7.22. The molecule has 0 aliphatic rings. The van der Waals surface area contributed by atoms with E-state index in [0.717, 1.165) is 10.7 Å². The maximum absolute atomic E-state index is 13.3. The predicted molar refractivity (Wildman–Crippen MR) is 51.7 cm³/mol. The van der Waals surface area contributed by atoms with Gasteiger partial charge in [-0.2, -0.15) is 0 Å². The second-order valence-corrected chi connectivity index (χ2v) is 2.95. The van der Waals surface area contributed by atoms with E-state index in [4.69, 9.17) is 0 Å². The number of aromatic nitrogens is 2. The molecule has 0 bridgehead atoms. The maximum Gasteiger partial charge on any atom is 0.272 e. The summed E-state index contributed by atoms with van der Waals surface area (Å²) in [7, 11) is 0. The number of hydrogen-bond acceptors (Lipinski definition) is 2. The molecule has 5 heteroatoms. The molecule has 0 aliphatic heterocycles. The number of aromatic amines is 1. The molecular formula is C10H7FN2O2. The van der Waals surface area contributed by atoms with Crippen molar-refractivity contribution < 1.29 is 9.18 Å². The minimum absolute atomic E-state index is 0.0931. The number of nitrogens with one attached hydrogen (secondary N) is 1. The fourth-order valence-corrected chi connectivity index (χ4v) is 1.29. The van der Waals surface area contributed by atoms with Crippen LogP contribution in [-0.4, -0.2) is 16.1 Å². The minimum atomic E-state index is -0.529. The van der Waals surface area contributed by atoms with E-state index in [0.29, 0.717) is 6.29 Å². The van der Waals surface area contributed by atoms with E-state index in [1.807, 2.05) is 0 Å². The number of rotatable bonds is 2. The van der Waals surface area contributed by atoms with Gasteiger partial charge >= 0.3 is 0 Å². The van der Waals surface area contributed by atoms with E-state index in [9.17, 15) is 14.0 Å². The third-order valence-electron chi connectivity index (χ3n) is 1.96. The summed E-state index contributed by atoms with van der Waals surface area (Å²) in [6, 6.07) is 6.92. The molecule has 0 saturated carbocycles. The smallest absolute Gasteiger partial charge is 0.272 e. The normalized spacial score (nSPS) is 10.2. The third kappa shape index (κ3) is 1.59. The lowest BCUT2D eigenvalue weighted by atomic mass is 10.3. The van der Waals surface area contributed by atoms with Crippen molar-refractivity contribution in [1.29, 1.82) is 0 Å². The number of carbonyl (C=O) groups excluding carboxylic acids is 1. The third-order valence-corrected chi connectivity index (χ3v) is 1.96. The van der Waals surface area contributed by atoms with Crippen molar-refractivity contribution in [3.63, 3.8) is 0 Å². The van der Waals surface area contributed by atoms with Crippen LogP contribution in [0.25, 0.3) is 5.69 Å². The van der Waals surface area contributed by atoms with Gasteiger partial charge in [0.15, 0.2) is 6.29 Å². The van der Waals surface area contributed by atoms with Crippen LogP contribution in [-0.2, 0) is 0 Å². The van der Waals surface area contributed by atoms with E-state index >= 15 is 0 Å². The van der Waals surface area contributed by atoms with Gasteiger partial charge in [0.25, 0.3) is 5.56 Å². The Morgan fingerprint density at radius 2 is 2.07 bits per heavy atom. The molecule has 0 aliphatic carbocycles. The molecule has 0 atom stereocenters. The van der Waals surface area contributed by atoms with Crippen LogP contribution in [0.15, 0.2) is 35.1 Å². The van der Waals surface area contributed by atoms with Crippen molar-refractivity contribution >= 4 is 6.29 Å². The fraction of sp³-hybridized carbons (Fsp3) is 0. The van der Waals surface area contributed by atoms with Crippen LogP contribution in [0, 0.1) is 5.82 Å². The van der Waals surface area contributed by atoms with Crippen LogP contribution in [0.3, 0.4) is 0 Å². The number of H-pyrrole nitrogens is 1. The second-order valence-electron chi connectivity index (χ2n) is 2.95. The Morgan fingerprint density at radius 3 is 2.67 bits per heavy atom. The van der Waals surface area contributed by atoms with Crippen LogP contribution in [0.1, 0.15) is 10.5 Å². The monoisotopic (exact) mass is 206 g/mol. The number of carbonyl (C=O) groups is 1. The molecule has 2 rings (SSSR count). The van der Waals surface area contributed by atoms with Gasteiger partial charge in [-0.3, -0.25) is 14.7 Å². The van der Waals surface area contributed by atoms with E-state index in [-0.39, 0.29) is 11.4 Å². The van der Waals surface area contributed by atoms with Gasteiger partial charge in [-0.1, -0.05) is 12.1 Å². The summed E-state index contributed by atoms with van der Waals surface area (Å²) >= 11 is 0. The average Bonchev–Trinajstić information content (AvgIpc) is 2.60. The summed E-state index contributed by atoms with van der Waals surface area (Å²) in [5.74, 6) is -0.529. The summed E-state index contributed by atoms with van der Waals surface area (Å²) in [5, 5.41) is 2.48. The lowest BCUT2D eigenvalue weighted by molar-refractivity contribution is 0.111. The van der Waals surface area contributed by atoms with E-state index in [2.05, 4.69) is 5.10 Å². The van der Waals surface area contributed by atoms with Crippen LogP contribution >= 0.6 is 0 Å². The zero-order chi connectivity index (χ0) is 10.8. The summed E-state index contributed by atoms with van der Waals surface area (Å²) in [4.78, 5) is 21.8. The summed E-state index contributed by atoms with van der Waals surface area (Å²) < 4.78 is 14.3. The Kier molecular flexibility index (Phi) is 2.21. The Morgan fingerprint density at radius 1 is 1.33 bits per heavy atom. The van der Waals surface area contributed by atoms with Gasteiger partial charge < -0.3 is 0 Å². The van der Waals surface area contributed by atoms with Gasteiger partial charge in [0, 0.05) is 6.07 Å². The summed E-state index contributed by atoms with van der Waals surface area (Å²) in [6.45, 7) is 0. The molecule has 4 nitrogen and oxygen atoms in total. The van der Waals surface area contributed by atoms with Crippen molar-refractivity contribution in [2.45, 2.75) is 0 Å². The average molecular weight is 206 g/mol. The van der Waals surface area contributed by atoms with Crippen molar-refractivity contribution in [3.05, 3.63) is 52.2 Å². The molecule has 76 valence electrons. The van der Waals surface area contributed by atoms with E-state index < -0.39 is 11.4 Å². The Balaban J connectivity index is 2.64. The number of benzene rings is 1. The number of aldehydes is 1. The molecule has 1 N–H and O–H groups in total. The predicted octanol–water partition coefficient (Wildman–Crippen LogP) is 1.12. The lowest BCUT2D eigenvalue weighted by Crippen LogP contribution is -2.14. The van der Waals surface area contributed by atoms with Crippen molar-refractivity contribution in [3.8, 4) is 5.69 Å². The molecule has 2 aromatic rings. The molecule has 0 amide bonds. The molecule has 0 radical (unpaired) electrons. The highest BCUT2D eigenvalue weighted by Gasteiger charge is 2.07. The SMILES string of the molecule is O=Cc1cc(=O)n(-c2ccccc2F)[nH]1. The summed E-state index contributed by atoms with van der Waals surface area (Å²) in [5.41, 5.74) is -0.263. The van der Waals surface area contributed by atoms with Gasteiger partial charge in [-0.05, 0) is 12.1 Å². The van der Waals surface area contributed by atoms with Crippen LogP contribution in [0.5, 0.6) is 0 Å². The zero-order valence-electron chi connectivity index (χ0n) is 7.61. The zero-order valence-corrected chi connectivity index (χ0v) is 7.61. The topological polar surface area (TPSA) is 54.9 Å². The number of hydrogen-bond donors (Lipinski definition) is 1. The van der Waals surface area contributed by atoms with Gasteiger partial charge in [0.2, 0.25) is 0 Å². The molecule has 15 heavy (non-hydrogen) atoms. The van der Waals surface area contributed by atoms with Crippen molar-refractivity contribution in [1.82, 2.24) is 9.78 Å². The van der Waals surface area contributed by atoms with Crippen LogP contribution in [0.4, 0.5) is 4.39 Å². The Labute approximate surface area is 83.9 Å². The molecule has 0 unspecified atom stereocenters. The van der Waals surface area contributed by atoms with Crippen molar-refractivity contribution in [2.75, 3.05) is 0 Å². The molecule has 0 fully saturated rings. The molecule has 0 spiro atoms. The second kappa shape index (κ2) is 3.53. The van der Waals surface area contributed by atoms with Gasteiger partial charge in [-0.25, -0.2) is 9.07 Å². The molecule has 1 aromatic heterocycles.